The van der Waals surface area contributed by atoms with Crippen LogP contribution in [0.15, 0.2) is 59.5 Å². The minimum Gasteiger partial charge on any atom is -0.484 e. The van der Waals surface area contributed by atoms with Crippen molar-refractivity contribution in [3.8, 4) is 5.75 Å². The first-order chi connectivity index (χ1) is 21.0. The number of amides is 2. The van der Waals surface area contributed by atoms with Crippen LogP contribution in [-0.2, 0) is 21.0 Å². The minimum atomic E-state index is -4.75. The zero-order chi connectivity index (χ0) is 33.3. The molecule has 0 saturated carbocycles. The van der Waals surface area contributed by atoms with Gasteiger partial charge in [0.25, 0.3) is 15.9 Å². The van der Waals surface area contributed by atoms with Crippen molar-refractivity contribution in [3.63, 3.8) is 0 Å². The number of fused-ring (bicyclic) bond motifs is 1. The molecule has 4 rings (SSSR count). The zero-order valence-electron chi connectivity index (χ0n) is 24.4. The highest BCUT2D eigenvalue weighted by molar-refractivity contribution is 7.92. The number of hydrogen-bond acceptors (Lipinski definition) is 6. The Bertz CT molecular complexity index is 1720. The van der Waals surface area contributed by atoms with Crippen LogP contribution in [0, 0.1) is 12.7 Å². The molecule has 3 atom stereocenters. The van der Waals surface area contributed by atoms with E-state index in [9.17, 15) is 31.2 Å². The van der Waals surface area contributed by atoms with Gasteiger partial charge in [0.05, 0.1) is 35.2 Å². The van der Waals surface area contributed by atoms with Gasteiger partial charge in [-0.1, -0.05) is 23.7 Å². The fraction of sp³-hybridized carbons (Fsp3) is 0.333. The van der Waals surface area contributed by atoms with Crippen LogP contribution in [0.1, 0.15) is 53.4 Å². The molecule has 45 heavy (non-hydrogen) atoms. The van der Waals surface area contributed by atoms with Crippen LogP contribution < -0.4 is 25.4 Å². The minimum absolute atomic E-state index is 0.0511. The molecule has 242 valence electrons. The average molecular weight is 671 g/mol. The van der Waals surface area contributed by atoms with Crippen molar-refractivity contribution >= 4 is 39.1 Å². The van der Waals surface area contributed by atoms with E-state index in [-0.39, 0.29) is 39.8 Å². The maximum absolute atomic E-state index is 15.4. The second kappa shape index (κ2) is 13.2. The third kappa shape index (κ3) is 7.86. The van der Waals surface area contributed by atoms with Gasteiger partial charge in [-0.25, -0.2) is 12.8 Å². The van der Waals surface area contributed by atoms with Gasteiger partial charge in [-0.3, -0.25) is 13.9 Å². The number of nitrogens with zero attached hydrogens (tertiary/aromatic N) is 1. The average Bonchev–Trinajstić information content (AvgIpc) is 2.95. The fourth-order valence-electron chi connectivity index (χ4n) is 4.71. The molecule has 0 saturated heterocycles. The molecule has 0 unspecified atom stereocenters. The number of anilines is 1. The van der Waals surface area contributed by atoms with Gasteiger partial charge >= 0.3 is 6.18 Å². The molecule has 0 aliphatic carbocycles. The summed E-state index contributed by atoms with van der Waals surface area (Å²) in [5.41, 5.74) is 4.43. The predicted octanol–water partition coefficient (Wildman–Crippen LogP) is 5.11. The first kappa shape index (κ1) is 34.0. The number of aryl methyl sites for hydroxylation is 1. The molecule has 1 heterocycles. The highest BCUT2D eigenvalue weighted by atomic mass is 35.5. The molecule has 3 aromatic rings. The van der Waals surface area contributed by atoms with Crippen LogP contribution >= 0.6 is 11.6 Å². The molecular formula is C30H31ClF4N4O5S. The number of sulfonamides is 1. The standard InChI is InChI=1S/C30H31ClF4N4O5S/c1-16-5-4-6-21(9-16)45(42,43)39-15-18(3)44-28-24(32)10-19(11-26(28)39)29(41)38-25(13-27(40)37-14-17(2)36)22-12-20(30(33,34)35)7-8-23(22)31/h4-12,17-18,25H,13-15,36H2,1-3H3,(H,37,40)(H,38,41)/t17-,18-,25+/m1/s1. The summed E-state index contributed by atoms with van der Waals surface area (Å²) in [5, 5.41) is 4.83. The van der Waals surface area contributed by atoms with E-state index in [1.165, 1.54) is 12.1 Å². The fourth-order valence-corrected chi connectivity index (χ4v) is 6.60. The van der Waals surface area contributed by atoms with E-state index >= 15 is 4.39 Å². The van der Waals surface area contributed by atoms with Crippen molar-refractivity contribution in [1.29, 1.82) is 0 Å². The first-order valence-corrected chi connectivity index (χ1v) is 15.6. The van der Waals surface area contributed by atoms with Gasteiger partial charge in [0.1, 0.15) is 6.10 Å². The number of nitrogens with two attached hydrogens (primary N) is 1. The summed E-state index contributed by atoms with van der Waals surface area (Å²) in [6.45, 7) is 4.74. The summed E-state index contributed by atoms with van der Waals surface area (Å²) in [5.74, 6) is -3.10. The Balaban J connectivity index is 1.74. The number of alkyl halides is 3. The monoisotopic (exact) mass is 670 g/mol. The molecule has 1 aliphatic rings. The quantitative estimate of drug-likeness (QED) is 0.272. The van der Waals surface area contributed by atoms with Crippen molar-refractivity contribution in [2.24, 2.45) is 5.73 Å². The van der Waals surface area contributed by atoms with Crippen molar-refractivity contribution < 1.29 is 40.3 Å². The topological polar surface area (TPSA) is 131 Å². The molecule has 0 spiro atoms. The Morgan fingerprint density at radius 1 is 1.16 bits per heavy atom. The summed E-state index contributed by atoms with van der Waals surface area (Å²) < 4.78 is 89.9. The molecule has 4 N–H and O–H groups in total. The van der Waals surface area contributed by atoms with Gasteiger partial charge in [0.15, 0.2) is 11.6 Å². The number of rotatable bonds is 9. The summed E-state index contributed by atoms with van der Waals surface area (Å²) in [4.78, 5) is 26.2. The Labute approximate surface area is 262 Å². The van der Waals surface area contributed by atoms with Crippen LogP contribution in [0.5, 0.6) is 5.75 Å². The van der Waals surface area contributed by atoms with Crippen molar-refractivity contribution in [3.05, 3.63) is 87.7 Å². The van der Waals surface area contributed by atoms with Gasteiger partial charge in [0.2, 0.25) is 5.91 Å². The third-order valence-electron chi connectivity index (χ3n) is 6.89. The predicted molar refractivity (Wildman–Crippen MR) is 160 cm³/mol. The highest BCUT2D eigenvalue weighted by Gasteiger charge is 2.36. The molecule has 2 amide bonds. The van der Waals surface area contributed by atoms with Crippen LogP contribution in [0.4, 0.5) is 23.2 Å². The largest absolute Gasteiger partial charge is 0.484 e. The summed E-state index contributed by atoms with van der Waals surface area (Å²) in [7, 11) is -4.24. The molecule has 3 aromatic carbocycles. The molecule has 0 fully saturated rings. The van der Waals surface area contributed by atoms with Crippen LogP contribution in [0.25, 0.3) is 0 Å². The maximum Gasteiger partial charge on any atom is 0.416 e. The molecule has 15 heteroatoms. The molecule has 0 bridgehead atoms. The number of carbonyl (C=O) groups is 2. The number of ether oxygens (including phenoxy) is 1. The number of benzene rings is 3. The smallest absolute Gasteiger partial charge is 0.416 e. The first-order valence-electron chi connectivity index (χ1n) is 13.8. The van der Waals surface area contributed by atoms with Crippen molar-refractivity contribution in [1.82, 2.24) is 10.6 Å². The van der Waals surface area contributed by atoms with E-state index < -0.39 is 69.8 Å². The maximum atomic E-state index is 15.4. The van der Waals surface area contributed by atoms with Crippen molar-refractivity contribution in [2.45, 2.75) is 56.5 Å². The third-order valence-corrected chi connectivity index (χ3v) is 9.01. The van der Waals surface area contributed by atoms with E-state index in [4.69, 9.17) is 22.1 Å². The second-order valence-corrected chi connectivity index (χ2v) is 13.1. The molecule has 0 aromatic heterocycles. The highest BCUT2D eigenvalue weighted by Crippen LogP contribution is 2.40. The molecule has 0 radical (unpaired) electrons. The lowest BCUT2D eigenvalue weighted by Crippen LogP contribution is -2.43. The van der Waals surface area contributed by atoms with Gasteiger partial charge in [-0.15, -0.1) is 0 Å². The van der Waals surface area contributed by atoms with Gasteiger partial charge in [-0.2, -0.15) is 13.2 Å². The van der Waals surface area contributed by atoms with E-state index in [0.29, 0.717) is 11.6 Å². The van der Waals surface area contributed by atoms with E-state index in [2.05, 4.69) is 10.6 Å². The van der Waals surface area contributed by atoms with E-state index in [1.807, 2.05) is 0 Å². The zero-order valence-corrected chi connectivity index (χ0v) is 26.0. The summed E-state index contributed by atoms with van der Waals surface area (Å²) in [6, 6.07) is 8.64. The second-order valence-electron chi connectivity index (χ2n) is 10.8. The van der Waals surface area contributed by atoms with Gasteiger partial charge < -0.3 is 21.1 Å². The van der Waals surface area contributed by atoms with E-state index in [0.717, 1.165) is 28.6 Å². The molecular weight excluding hydrogens is 640 g/mol. The number of carbonyl (C=O) groups excluding carboxylic acids is 2. The summed E-state index contributed by atoms with van der Waals surface area (Å²) >= 11 is 6.23. The number of nitrogens with one attached hydrogen (secondary N) is 2. The lowest BCUT2D eigenvalue weighted by molar-refractivity contribution is -0.137. The van der Waals surface area contributed by atoms with Gasteiger partial charge in [0, 0.05) is 23.2 Å². The lowest BCUT2D eigenvalue weighted by Gasteiger charge is -2.34. The van der Waals surface area contributed by atoms with E-state index in [1.54, 1.807) is 32.9 Å². The van der Waals surface area contributed by atoms with Gasteiger partial charge in [-0.05, 0) is 74.4 Å². The number of hydrogen-bond donors (Lipinski definition) is 3. The Morgan fingerprint density at radius 2 is 1.87 bits per heavy atom. The normalized spacial score (nSPS) is 16.3. The molecule has 1 aliphatic heterocycles. The Kier molecular flexibility index (Phi) is 10.00. The number of halogens is 5. The van der Waals surface area contributed by atoms with Crippen molar-refractivity contribution in [2.75, 3.05) is 17.4 Å². The van der Waals surface area contributed by atoms with Crippen LogP contribution in [0.2, 0.25) is 5.02 Å². The Morgan fingerprint density at radius 3 is 2.51 bits per heavy atom. The molecule has 9 nitrogen and oxygen atoms in total. The Hall–Kier alpha value is -3.88. The van der Waals surface area contributed by atoms with Crippen LogP contribution in [-0.4, -0.2) is 45.5 Å². The summed E-state index contributed by atoms with van der Waals surface area (Å²) in [6.07, 6.45) is -6.04. The lowest BCUT2D eigenvalue weighted by atomic mass is 9.99. The SMILES string of the molecule is Cc1cccc(S(=O)(=O)N2C[C@@H](C)Oc3c(F)cc(C(=O)N[C@@H](CC(=O)NC[C@@H](C)N)c4cc(C(F)(F)F)ccc4Cl)cc32)c1. The van der Waals surface area contributed by atoms with Crippen LogP contribution in [0.3, 0.4) is 0 Å².